The van der Waals surface area contributed by atoms with Gasteiger partial charge in [0.05, 0.1) is 17.3 Å². The Bertz CT molecular complexity index is 688. The summed E-state index contributed by atoms with van der Waals surface area (Å²) in [4.78, 5) is -0.466. The van der Waals surface area contributed by atoms with E-state index in [0.717, 1.165) is 12.1 Å². The number of hydrogen-bond donors (Lipinski definition) is 2. The molecule has 1 aromatic carbocycles. The summed E-state index contributed by atoms with van der Waals surface area (Å²) in [6.07, 6.45) is -5.25. The number of nitriles is 1. The van der Waals surface area contributed by atoms with Gasteiger partial charge in [-0.15, -0.1) is 0 Å². The fourth-order valence-electron chi connectivity index (χ4n) is 1.74. The van der Waals surface area contributed by atoms with Gasteiger partial charge in [0.15, 0.2) is 0 Å². The summed E-state index contributed by atoms with van der Waals surface area (Å²) >= 11 is 0. The smallest absolute Gasteiger partial charge is 0.398 e. The minimum Gasteiger partial charge on any atom is -0.398 e. The second-order valence-electron chi connectivity index (χ2n) is 4.55. The molecule has 2 rings (SSSR count). The van der Waals surface area contributed by atoms with Gasteiger partial charge in [0.25, 0.3) is 0 Å². The third-order valence-electron chi connectivity index (χ3n) is 3.05. The number of hydrogen-bond acceptors (Lipinski definition) is 4. The van der Waals surface area contributed by atoms with E-state index in [1.807, 2.05) is 0 Å². The Morgan fingerprint density at radius 2 is 1.95 bits per heavy atom. The molecular formula is C11H10F3N3O2S. The number of halogens is 3. The minimum atomic E-state index is -4.65. The predicted molar refractivity (Wildman–Crippen MR) is 63.9 cm³/mol. The highest BCUT2D eigenvalue weighted by Gasteiger charge is 2.65. The van der Waals surface area contributed by atoms with Gasteiger partial charge in [0.2, 0.25) is 10.0 Å². The highest BCUT2D eigenvalue weighted by Crippen LogP contribution is 2.49. The molecule has 0 aliphatic heterocycles. The average molecular weight is 305 g/mol. The van der Waals surface area contributed by atoms with Gasteiger partial charge in [0, 0.05) is 0 Å². The molecule has 1 fully saturated rings. The van der Waals surface area contributed by atoms with Gasteiger partial charge >= 0.3 is 6.18 Å². The first-order chi connectivity index (χ1) is 9.11. The van der Waals surface area contributed by atoms with Crippen molar-refractivity contribution in [1.82, 2.24) is 4.72 Å². The molecule has 0 heterocycles. The molecule has 0 bridgehead atoms. The van der Waals surface area contributed by atoms with E-state index < -0.39 is 26.6 Å². The topological polar surface area (TPSA) is 96.0 Å². The molecule has 1 saturated carbocycles. The lowest BCUT2D eigenvalue weighted by Crippen LogP contribution is -2.47. The van der Waals surface area contributed by atoms with Crippen molar-refractivity contribution in [2.75, 3.05) is 5.73 Å². The molecule has 1 aliphatic rings. The summed E-state index contributed by atoms with van der Waals surface area (Å²) < 4.78 is 63.9. The van der Waals surface area contributed by atoms with Crippen molar-refractivity contribution in [3.63, 3.8) is 0 Å². The highest BCUT2D eigenvalue weighted by atomic mass is 32.2. The molecule has 0 spiro atoms. The first-order valence-corrected chi connectivity index (χ1v) is 7.00. The Morgan fingerprint density at radius 1 is 1.35 bits per heavy atom. The number of alkyl halides is 3. The highest BCUT2D eigenvalue weighted by molar-refractivity contribution is 7.89. The Morgan fingerprint density at radius 3 is 2.35 bits per heavy atom. The van der Waals surface area contributed by atoms with Crippen molar-refractivity contribution in [1.29, 1.82) is 5.26 Å². The van der Waals surface area contributed by atoms with Crippen LogP contribution in [0.1, 0.15) is 18.4 Å². The van der Waals surface area contributed by atoms with Crippen molar-refractivity contribution in [2.45, 2.75) is 29.5 Å². The van der Waals surface area contributed by atoms with Crippen LogP contribution in [0, 0.1) is 11.3 Å². The van der Waals surface area contributed by atoms with Crippen LogP contribution in [0.3, 0.4) is 0 Å². The number of sulfonamides is 1. The molecule has 5 nitrogen and oxygen atoms in total. The summed E-state index contributed by atoms with van der Waals surface area (Å²) in [5, 5.41) is 8.64. The van der Waals surface area contributed by atoms with Crippen molar-refractivity contribution in [2.24, 2.45) is 0 Å². The monoisotopic (exact) mass is 305 g/mol. The molecule has 1 aromatic rings. The maximum atomic E-state index is 12.8. The van der Waals surface area contributed by atoms with Crippen LogP contribution in [-0.4, -0.2) is 20.1 Å². The predicted octanol–water partition coefficient (Wildman–Crippen LogP) is 1.51. The van der Waals surface area contributed by atoms with E-state index in [0.29, 0.717) is 0 Å². The van der Waals surface area contributed by atoms with Gasteiger partial charge in [0.1, 0.15) is 10.4 Å². The first-order valence-electron chi connectivity index (χ1n) is 5.52. The zero-order valence-corrected chi connectivity index (χ0v) is 10.8. The lowest BCUT2D eigenvalue weighted by atomic mass is 10.2. The Kier molecular flexibility index (Phi) is 3.19. The van der Waals surface area contributed by atoms with Crippen LogP contribution in [0.25, 0.3) is 0 Å². The molecule has 1 aliphatic carbocycles. The lowest BCUT2D eigenvalue weighted by Gasteiger charge is -2.21. The van der Waals surface area contributed by atoms with Gasteiger partial charge in [-0.2, -0.15) is 23.2 Å². The van der Waals surface area contributed by atoms with E-state index in [1.165, 1.54) is 6.07 Å². The van der Waals surface area contributed by atoms with Crippen LogP contribution in [-0.2, 0) is 10.0 Å². The standard InChI is InChI=1S/C11H10F3N3O2S/c12-11(13,14)10(3-4-10)17-20(18,19)9-2-1-7(6-15)5-8(9)16/h1-2,5,17H,3-4,16H2. The fourth-order valence-corrected chi connectivity index (χ4v) is 3.30. The second-order valence-corrected chi connectivity index (χ2v) is 6.20. The van der Waals surface area contributed by atoms with Crippen molar-refractivity contribution < 1.29 is 21.6 Å². The molecule has 0 atom stereocenters. The summed E-state index contributed by atoms with van der Waals surface area (Å²) in [7, 11) is -4.40. The normalized spacial score (nSPS) is 17.5. The lowest BCUT2D eigenvalue weighted by molar-refractivity contribution is -0.160. The number of anilines is 1. The van der Waals surface area contributed by atoms with Gasteiger partial charge in [-0.05, 0) is 31.0 Å². The fraction of sp³-hybridized carbons (Fsp3) is 0.364. The molecule has 20 heavy (non-hydrogen) atoms. The van der Waals surface area contributed by atoms with Crippen molar-refractivity contribution >= 4 is 15.7 Å². The first kappa shape index (κ1) is 14.6. The average Bonchev–Trinajstić information content (AvgIpc) is 3.08. The van der Waals surface area contributed by atoms with Gasteiger partial charge < -0.3 is 5.73 Å². The zero-order chi connectivity index (χ0) is 15.2. The van der Waals surface area contributed by atoms with E-state index >= 15 is 0 Å². The summed E-state index contributed by atoms with van der Waals surface area (Å²) in [6.45, 7) is 0. The maximum Gasteiger partial charge on any atom is 0.407 e. The van der Waals surface area contributed by atoms with Gasteiger partial charge in [-0.3, -0.25) is 0 Å². The largest absolute Gasteiger partial charge is 0.407 e. The summed E-state index contributed by atoms with van der Waals surface area (Å²) in [6, 6.07) is 5.05. The van der Waals surface area contributed by atoms with Crippen LogP contribution < -0.4 is 10.5 Å². The maximum absolute atomic E-state index is 12.8. The van der Waals surface area contributed by atoms with E-state index in [-0.39, 0.29) is 24.1 Å². The number of benzene rings is 1. The molecule has 0 unspecified atom stereocenters. The third kappa shape index (κ3) is 2.44. The second kappa shape index (κ2) is 4.36. The molecule has 108 valence electrons. The number of nitrogens with zero attached hydrogens (tertiary/aromatic N) is 1. The molecule has 0 saturated heterocycles. The van der Waals surface area contributed by atoms with Crippen LogP contribution >= 0.6 is 0 Å². The molecule has 0 amide bonds. The molecule has 0 radical (unpaired) electrons. The van der Waals surface area contributed by atoms with Crippen molar-refractivity contribution in [3.8, 4) is 6.07 Å². The Labute approximate surface area is 113 Å². The quantitative estimate of drug-likeness (QED) is 0.827. The molecule has 0 aromatic heterocycles. The number of rotatable bonds is 3. The van der Waals surface area contributed by atoms with Crippen LogP contribution in [0.4, 0.5) is 18.9 Å². The van der Waals surface area contributed by atoms with E-state index in [2.05, 4.69) is 0 Å². The molecule has 9 heteroatoms. The van der Waals surface area contributed by atoms with E-state index in [9.17, 15) is 21.6 Å². The van der Waals surface area contributed by atoms with Gasteiger partial charge in [-0.25, -0.2) is 8.42 Å². The number of nitrogen functional groups attached to an aromatic ring is 1. The van der Waals surface area contributed by atoms with Crippen molar-refractivity contribution in [3.05, 3.63) is 23.8 Å². The third-order valence-corrected chi connectivity index (χ3v) is 4.66. The van der Waals surface area contributed by atoms with E-state index in [4.69, 9.17) is 11.0 Å². The molecule has 3 N–H and O–H groups in total. The summed E-state index contributed by atoms with van der Waals surface area (Å²) in [5.74, 6) is 0. The number of nitrogens with two attached hydrogens (primary N) is 1. The zero-order valence-electron chi connectivity index (χ0n) is 10.0. The minimum absolute atomic E-state index is 0.124. The summed E-state index contributed by atoms with van der Waals surface area (Å²) in [5.41, 5.74) is 2.94. The van der Waals surface area contributed by atoms with E-state index in [1.54, 1.807) is 10.8 Å². The Balaban J connectivity index is 2.36. The van der Waals surface area contributed by atoms with Crippen LogP contribution in [0.15, 0.2) is 23.1 Å². The Hall–Kier alpha value is -1.79. The van der Waals surface area contributed by atoms with Crippen LogP contribution in [0.2, 0.25) is 0 Å². The molecular weight excluding hydrogens is 295 g/mol. The SMILES string of the molecule is N#Cc1ccc(S(=O)(=O)NC2(C(F)(F)F)CC2)c(N)c1. The number of nitrogens with one attached hydrogen (secondary N) is 1. The van der Waals surface area contributed by atoms with Gasteiger partial charge in [-0.1, -0.05) is 0 Å². The van der Waals surface area contributed by atoms with Crippen LogP contribution in [0.5, 0.6) is 0 Å².